The SMILES string of the molecule is CCNC(CC)c1ccc(N2CCS(=O)CC2)cn1. The maximum Gasteiger partial charge on any atom is 0.0574 e. The van der Waals surface area contributed by atoms with E-state index in [1.165, 1.54) is 0 Å². The molecule has 1 aromatic rings. The van der Waals surface area contributed by atoms with E-state index in [9.17, 15) is 4.21 Å². The molecule has 1 saturated heterocycles. The molecule has 0 amide bonds. The van der Waals surface area contributed by atoms with E-state index in [4.69, 9.17) is 0 Å². The van der Waals surface area contributed by atoms with Crippen LogP contribution in [0.25, 0.3) is 0 Å². The monoisotopic (exact) mass is 281 g/mol. The number of aromatic nitrogens is 1. The Hall–Kier alpha value is -0.940. The molecule has 0 saturated carbocycles. The molecule has 0 bridgehead atoms. The van der Waals surface area contributed by atoms with E-state index in [1.54, 1.807) is 0 Å². The molecule has 1 aliphatic rings. The van der Waals surface area contributed by atoms with Crippen molar-refractivity contribution in [2.24, 2.45) is 0 Å². The maximum atomic E-state index is 11.4. The lowest BCUT2D eigenvalue weighted by molar-refractivity contribution is 0.525. The Labute approximate surface area is 118 Å². The van der Waals surface area contributed by atoms with Crippen LogP contribution >= 0.6 is 0 Å². The molecule has 2 rings (SSSR count). The summed E-state index contributed by atoms with van der Waals surface area (Å²) in [5.41, 5.74) is 2.25. The summed E-state index contributed by atoms with van der Waals surface area (Å²) in [6.07, 6.45) is 2.99. The average Bonchev–Trinajstić information content (AvgIpc) is 2.46. The lowest BCUT2D eigenvalue weighted by Gasteiger charge is -2.28. The second kappa shape index (κ2) is 7.01. The van der Waals surface area contributed by atoms with Crippen molar-refractivity contribution in [2.45, 2.75) is 26.3 Å². The van der Waals surface area contributed by atoms with Crippen LogP contribution in [0.5, 0.6) is 0 Å². The Morgan fingerprint density at radius 3 is 2.63 bits per heavy atom. The van der Waals surface area contributed by atoms with Gasteiger partial charge in [-0.1, -0.05) is 13.8 Å². The quantitative estimate of drug-likeness (QED) is 0.892. The number of nitrogens with zero attached hydrogens (tertiary/aromatic N) is 2. The van der Waals surface area contributed by atoms with Gasteiger partial charge in [0.05, 0.1) is 17.6 Å². The highest BCUT2D eigenvalue weighted by molar-refractivity contribution is 7.85. The molecule has 1 aromatic heterocycles. The standard InChI is InChI=1S/C14H23N3OS/c1-3-13(15-4-2)14-6-5-12(11-16-14)17-7-9-19(18)10-8-17/h5-6,11,13,15H,3-4,7-10H2,1-2H3. The van der Waals surface area contributed by atoms with Gasteiger partial charge in [0.15, 0.2) is 0 Å². The number of hydrogen-bond acceptors (Lipinski definition) is 4. The largest absolute Gasteiger partial charge is 0.368 e. The van der Waals surface area contributed by atoms with Crippen LogP contribution in [0.2, 0.25) is 0 Å². The first-order valence-corrected chi connectivity index (χ1v) is 8.52. The van der Waals surface area contributed by atoms with E-state index < -0.39 is 10.8 Å². The molecule has 5 heteroatoms. The molecular formula is C14H23N3OS. The molecule has 1 atom stereocenters. The molecule has 0 radical (unpaired) electrons. The fraction of sp³-hybridized carbons (Fsp3) is 0.643. The van der Waals surface area contributed by atoms with Gasteiger partial charge in [0.2, 0.25) is 0 Å². The smallest absolute Gasteiger partial charge is 0.0574 e. The van der Waals surface area contributed by atoms with Gasteiger partial charge in [0.1, 0.15) is 0 Å². The molecular weight excluding hydrogens is 258 g/mol. The maximum absolute atomic E-state index is 11.4. The van der Waals surface area contributed by atoms with Crippen molar-refractivity contribution in [1.29, 1.82) is 0 Å². The van der Waals surface area contributed by atoms with Gasteiger partial charge in [0.25, 0.3) is 0 Å². The minimum Gasteiger partial charge on any atom is -0.368 e. The van der Waals surface area contributed by atoms with E-state index in [0.29, 0.717) is 6.04 Å². The summed E-state index contributed by atoms with van der Waals surface area (Å²) in [7, 11) is -0.623. The Kier molecular flexibility index (Phi) is 5.34. The minimum atomic E-state index is -0.623. The molecule has 4 nitrogen and oxygen atoms in total. The van der Waals surface area contributed by atoms with Gasteiger partial charge in [-0.2, -0.15) is 0 Å². The molecule has 0 aromatic carbocycles. The highest BCUT2D eigenvalue weighted by atomic mass is 32.2. The molecule has 1 unspecified atom stereocenters. The Morgan fingerprint density at radius 1 is 1.37 bits per heavy atom. The molecule has 0 spiro atoms. The molecule has 2 heterocycles. The predicted octanol–water partition coefficient (Wildman–Crippen LogP) is 1.71. The zero-order valence-corrected chi connectivity index (χ0v) is 12.6. The van der Waals surface area contributed by atoms with Gasteiger partial charge < -0.3 is 10.2 Å². The Bertz CT molecular complexity index is 411. The first-order chi connectivity index (χ1) is 9.24. The highest BCUT2D eigenvalue weighted by Gasteiger charge is 2.16. The Balaban J connectivity index is 2.03. The van der Waals surface area contributed by atoms with Crippen LogP contribution in [0.4, 0.5) is 5.69 Å². The van der Waals surface area contributed by atoms with Crippen LogP contribution in [0.15, 0.2) is 18.3 Å². The number of rotatable bonds is 5. The van der Waals surface area contributed by atoms with Crippen LogP contribution in [-0.4, -0.2) is 40.3 Å². The summed E-state index contributed by atoms with van der Waals surface area (Å²) in [5, 5.41) is 3.44. The second-order valence-corrected chi connectivity index (χ2v) is 6.49. The number of anilines is 1. The lowest BCUT2D eigenvalue weighted by atomic mass is 10.1. The van der Waals surface area contributed by atoms with Gasteiger partial charge in [-0.3, -0.25) is 9.19 Å². The second-order valence-electron chi connectivity index (χ2n) is 4.79. The van der Waals surface area contributed by atoms with Crippen molar-refractivity contribution in [3.63, 3.8) is 0 Å². The van der Waals surface area contributed by atoms with E-state index in [2.05, 4.69) is 41.2 Å². The third kappa shape index (κ3) is 3.76. The summed E-state index contributed by atoms with van der Waals surface area (Å²) in [6, 6.07) is 4.59. The van der Waals surface area contributed by atoms with E-state index in [1.807, 2.05) is 6.20 Å². The normalized spacial score (nSPS) is 18.5. The fourth-order valence-electron chi connectivity index (χ4n) is 2.39. The van der Waals surface area contributed by atoms with Crippen molar-refractivity contribution >= 4 is 16.5 Å². The molecule has 19 heavy (non-hydrogen) atoms. The summed E-state index contributed by atoms with van der Waals surface area (Å²) in [6.45, 7) is 6.99. The molecule has 0 aliphatic carbocycles. The van der Waals surface area contributed by atoms with Gasteiger partial charge in [-0.05, 0) is 25.1 Å². The van der Waals surface area contributed by atoms with Crippen molar-refractivity contribution in [1.82, 2.24) is 10.3 Å². The average molecular weight is 281 g/mol. The molecule has 106 valence electrons. The van der Waals surface area contributed by atoms with Crippen LogP contribution in [0.3, 0.4) is 0 Å². The van der Waals surface area contributed by atoms with Gasteiger partial charge in [0, 0.05) is 41.4 Å². The van der Waals surface area contributed by atoms with E-state index in [0.717, 1.165) is 48.9 Å². The van der Waals surface area contributed by atoms with Gasteiger partial charge >= 0.3 is 0 Å². The summed E-state index contributed by atoms with van der Waals surface area (Å²) in [4.78, 5) is 6.85. The van der Waals surface area contributed by atoms with Gasteiger partial charge in [-0.25, -0.2) is 0 Å². The fourth-order valence-corrected chi connectivity index (χ4v) is 3.44. The number of pyridine rings is 1. The highest BCUT2D eigenvalue weighted by Crippen LogP contribution is 2.19. The van der Waals surface area contributed by atoms with Crippen molar-refractivity contribution < 1.29 is 4.21 Å². The van der Waals surface area contributed by atoms with Crippen molar-refractivity contribution in [3.05, 3.63) is 24.0 Å². The first kappa shape index (κ1) is 14.5. The number of nitrogens with one attached hydrogen (secondary N) is 1. The van der Waals surface area contributed by atoms with Crippen molar-refractivity contribution in [2.75, 3.05) is 36.0 Å². The first-order valence-electron chi connectivity index (χ1n) is 7.03. The van der Waals surface area contributed by atoms with Gasteiger partial charge in [-0.15, -0.1) is 0 Å². The van der Waals surface area contributed by atoms with E-state index >= 15 is 0 Å². The third-order valence-corrected chi connectivity index (χ3v) is 4.81. The lowest BCUT2D eigenvalue weighted by Crippen LogP contribution is -2.37. The third-order valence-electron chi connectivity index (χ3n) is 3.53. The predicted molar refractivity (Wildman–Crippen MR) is 81.0 cm³/mol. The van der Waals surface area contributed by atoms with E-state index in [-0.39, 0.29) is 0 Å². The van der Waals surface area contributed by atoms with Crippen LogP contribution in [0, 0.1) is 0 Å². The summed E-state index contributed by atoms with van der Waals surface area (Å²) < 4.78 is 11.4. The zero-order valence-electron chi connectivity index (χ0n) is 11.8. The Morgan fingerprint density at radius 2 is 2.11 bits per heavy atom. The van der Waals surface area contributed by atoms with Crippen LogP contribution < -0.4 is 10.2 Å². The number of hydrogen-bond donors (Lipinski definition) is 1. The van der Waals surface area contributed by atoms with Crippen LogP contribution in [-0.2, 0) is 10.8 Å². The minimum absolute atomic E-state index is 0.341. The molecule has 1 aliphatic heterocycles. The van der Waals surface area contributed by atoms with Crippen LogP contribution in [0.1, 0.15) is 32.0 Å². The summed E-state index contributed by atoms with van der Waals surface area (Å²) in [5.74, 6) is 1.55. The van der Waals surface area contributed by atoms with Crippen molar-refractivity contribution in [3.8, 4) is 0 Å². The molecule has 1 N–H and O–H groups in total. The topological polar surface area (TPSA) is 45.2 Å². The zero-order chi connectivity index (χ0) is 13.7. The molecule has 1 fully saturated rings. The summed E-state index contributed by atoms with van der Waals surface area (Å²) >= 11 is 0.